The molecule has 0 saturated heterocycles. The normalized spacial score (nSPS) is 10.8. The van der Waals surface area contributed by atoms with E-state index in [4.69, 9.17) is 13.9 Å². The van der Waals surface area contributed by atoms with Crippen molar-refractivity contribution in [3.63, 3.8) is 0 Å². The van der Waals surface area contributed by atoms with Gasteiger partial charge in [-0.3, -0.25) is 4.79 Å². The fourth-order valence-electron chi connectivity index (χ4n) is 3.03. The zero-order valence-corrected chi connectivity index (χ0v) is 17.1. The van der Waals surface area contributed by atoms with Gasteiger partial charge in [-0.05, 0) is 29.8 Å². The molecule has 0 unspecified atom stereocenters. The Morgan fingerprint density at radius 3 is 2.45 bits per heavy atom. The number of benzene rings is 3. The zero-order valence-electron chi connectivity index (χ0n) is 15.5. The second-order valence-corrected chi connectivity index (χ2v) is 7.30. The first kappa shape index (κ1) is 19.1. The van der Waals surface area contributed by atoms with Crippen LogP contribution in [0.1, 0.15) is 5.56 Å². The summed E-state index contributed by atoms with van der Waals surface area (Å²) in [6.45, 7) is 0.359. The molecule has 0 aliphatic rings. The minimum atomic E-state index is -0.560. The number of fused-ring (bicyclic) bond motifs is 1. The van der Waals surface area contributed by atoms with Gasteiger partial charge in [0.2, 0.25) is 11.2 Å². The maximum atomic E-state index is 12.8. The molecule has 0 aliphatic heterocycles. The van der Waals surface area contributed by atoms with Gasteiger partial charge in [0.1, 0.15) is 29.1 Å². The highest BCUT2D eigenvalue weighted by Crippen LogP contribution is 2.36. The number of hydrogen-bond acceptors (Lipinski definition) is 5. The van der Waals surface area contributed by atoms with Gasteiger partial charge in [0.15, 0.2) is 5.76 Å². The Kier molecular flexibility index (Phi) is 5.27. The molecule has 0 fully saturated rings. The fourth-order valence-corrected chi connectivity index (χ4v) is 3.30. The molecule has 0 bridgehead atoms. The van der Waals surface area contributed by atoms with E-state index < -0.39 is 11.2 Å². The topological polar surface area (TPSA) is 68.9 Å². The molecular weight excluding hydrogens is 436 g/mol. The van der Waals surface area contributed by atoms with Gasteiger partial charge in [-0.2, -0.15) is 0 Å². The van der Waals surface area contributed by atoms with Gasteiger partial charge < -0.3 is 19.0 Å². The van der Waals surface area contributed by atoms with E-state index in [9.17, 15) is 9.90 Å². The van der Waals surface area contributed by atoms with Crippen LogP contribution in [0.15, 0.2) is 80.4 Å². The summed E-state index contributed by atoms with van der Waals surface area (Å²) in [6.07, 6.45) is 0. The van der Waals surface area contributed by atoms with E-state index in [-0.39, 0.29) is 22.5 Å². The molecule has 6 heteroatoms. The van der Waals surface area contributed by atoms with Crippen LogP contribution in [0.3, 0.4) is 0 Å². The van der Waals surface area contributed by atoms with Crippen LogP contribution >= 0.6 is 15.9 Å². The molecule has 1 heterocycles. The Bertz CT molecular complexity index is 1210. The minimum absolute atomic E-state index is 0.0947. The third-order valence-corrected chi connectivity index (χ3v) is 5.01. The predicted octanol–water partition coefficient (Wildman–Crippen LogP) is 5.52. The second-order valence-electron chi connectivity index (χ2n) is 6.39. The van der Waals surface area contributed by atoms with Crippen LogP contribution in [-0.2, 0) is 6.61 Å². The lowest BCUT2D eigenvalue weighted by molar-refractivity contribution is 0.304. The molecule has 0 aliphatic carbocycles. The van der Waals surface area contributed by atoms with Gasteiger partial charge in [0, 0.05) is 22.2 Å². The number of rotatable bonds is 5. The Balaban J connectivity index is 1.81. The van der Waals surface area contributed by atoms with Crippen molar-refractivity contribution < 1.29 is 19.0 Å². The van der Waals surface area contributed by atoms with E-state index in [0.29, 0.717) is 17.9 Å². The second kappa shape index (κ2) is 8.01. The molecule has 0 spiro atoms. The average molecular weight is 453 g/mol. The van der Waals surface area contributed by atoms with E-state index in [1.807, 2.05) is 30.3 Å². The molecule has 0 saturated carbocycles. The van der Waals surface area contributed by atoms with Crippen molar-refractivity contribution in [2.75, 3.05) is 7.11 Å². The lowest BCUT2D eigenvalue weighted by Gasteiger charge is -2.12. The fraction of sp³-hybridized carbons (Fsp3) is 0.0870. The summed E-state index contributed by atoms with van der Waals surface area (Å²) in [5.74, 6) is 0.402. The molecule has 0 radical (unpaired) electrons. The van der Waals surface area contributed by atoms with Crippen molar-refractivity contribution in [3.8, 4) is 28.6 Å². The number of ether oxygens (including phenoxy) is 2. The SMILES string of the molecule is COc1cc(OCc2ccccc2)cc2oc(-c3ccc(Br)cc3)c(O)c(=O)c12. The van der Waals surface area contributed by atoms with Gasteiger partial charge >= 0.3 is 0 Å². The van der Waals surface area contributed by atoms with Gasteiger partial charge in [0.05, 0.1) is 7.11 Å². The summed E-state index contributed by atoms with van der Waals surface area (Å²) in [7, 11) is 1.45. The largest absolute Gasteiger partial charge is 0.502 e. The average Bonchev–Trinajstić information content (AvgIpc) is 2.75. The Hall–Kier alpha value is -3.25. The van der Waals surface area contributed by atoms with Crippen molar-refractivity contribution >= 4 is 26.9 Å². The molecule has 3 aromatic carbocycles. The van der Waals surface area contributed by atoms with E-state index in [2.05, 4.69) is 15.9 Å². The van der Waals surface area contributed by atoms with Gasteiger partial charge in [-0.25, -0.2) is 0 Å². The third-order valence-electron chi connectivity index (χ3n) is 4.48. The van der Waals surface area contributed by atoms with Crippen LogP contribution in [0, 0.1) is 0 Å². The highest BCUT2D eigenvalue weighted by atomic mass is 79.9. The van der Waals surface area contributed by atoms with Gasteiger partial charge in [-0.15, -0.1) is 0 Å². The number of aromatic hydroxyl groups is 1. The van der Waals surface area contributed by atoms with E-state index in [0.717, 1.165) is 10.0 Å². The first-order valence-corrected chi connectivity index (χ1v) is 9.66. The Morgan fingerprint density at radius 1 is 1.03 bits per heavy atom. The molecular formula is C23H17BrO5. The van der Waals surface area contributed by atoms with Crippen LogP contribution in [-0.4, -0.2) is 12.2 Å². The van der Waals surface area contributed by atoms with E-state index in [1.165, 1.54) is 7.11 Å². The first-order chi connectivity index (χ1) is 14.1. The minimum Gasteiger partial charge on any atom is -0.502 e. The van der Waals surface area contributed by atoms with Crippen LogP contribution in [0.5, 0.6) is 17.2 Å². The maximum absolute atomic E-state index is 12.8. The molecule has 4 aromatic rings. The van der Waals surface area contributed by atoms with E-state index in [1.54, 1.807) is 36.4 Å². The summed E-state index contributed by atoms with van der Waals surface area (Å²) in [6, 6.07) is 20.1. The van der Waals surface area contributed by atoms with Crippen molar-refractivity contribution in [1.82, 2.24) is 0 Å². The molecule has 1 aromatic heterocycles. The highest BCUT2D eigenvalue weighted by Gasteiger charge is 2.19. The third kappa shape index (κ3) is 3.84. The molecule has 0 atom stereocenters. The summed E-state index contributed by atoms with van der Waals surface area (Å²) >= 11 is 3.37. The first-order valence-electron chi connectivity index (χ1n) is 8.87. The quantitative estimate of drug-likeness (QED) is 0.431. The standard InChI is InChI=1S/C23H17BrO5/c1-27-18-11-17(28-13-14-5-3-2-4-6-14)12-19-20(18)21(25)22(26)23(29-19)15-7-9-16(24)10-8-15/h2-12,26H,13H2,1H3. The zero-order chi connectivity index (χ0) is 20.4. The molecule has 146 valence electrons. The monoisotopic (exact) mass is 452 g/mol. The number of methoxy groups -OCH3 is 1. The van der Waals surface area contributed by atoms with Crippen LogP contribution in [0.2, 0.25) is 0 Å². The van der Waals surface area contributed by atoms with Crippen LogP contribution < -0.4 is 14.9 Å². The summed E-state index contributed by atoms with van der Waals surface area (Å²) in [5, 5.41) is 10.6. The van der Waals surface area contributed by atoms with Crippen molar-refractivity contribution in [1.29, 1.82) is 0 Å². The van der Waals surface area contributed by atoms with Crippen molar-refractivity contribution in [3.05, 3.63) is 87.0 Å². The smallest absolute Gasteiger partial charge is 0.238 e. The summed E-state index contributed by atoms with van der Waals surface area (Å²) in [4.78, 5) is 12.8. The molecule has 5 nitrogen and oxygen atoms in total. The van der Waals surface area contributed by atoms with E-state index >= 15 is 0 Å². The van der Waals surface area contributed by atoms with Gasteiger partial charge in [0.25, 0.3) is 0 Å². The molecule has 1 N–H and O–H groups in total. The molecule has 4 rings (SSSR count). The van der Waals surface area contributed by atoms with Gasteiger partial charge in [-0.1, -0.05) is 46.3 Å². The maximum Gasteiger partial charge on any atom is 0.238 e. The lowest BCUT2D eigenvalue weighted by Crippen LogP contribution is -2.05. The number of halogens is 1. The summed E-state index contributed by atoms with van der Waals surface area (Å²) in [5.41, 5.74) is 1.30. The summed E-state index contributed by atoms with van der Waals surface area (Å²) < 4.78 is 18.0. The lowest BCUT2D eigenvalue weighted by atomic mass is 10.1. The van der Waals surface area contributed by atoms with Crippen molar-refractivity contribution in [2.45, 2.75) is 6.61 Å². The number of hydrogen-bond donors (Lipinski definition) is 1. The Labute approximate surface area is 175 Å². The molecule has 29 heavy (non-hydrogen) atoms. The Morgan fingerprint density at radius 2 is 1.76 bits per heavy atom. The molecule has 0 amide bonds. The highest BCUT2D eigenvalue weighted by molar-refractivity contribution is 9.10. The van der Waals surface area contributed by atoms with Crippen LogP contribution in [0.4, 0.5) is 0 Å². The van der Waals surface area contributed by atoms with Crippen LogP contribution in [0.25, 0.3) is 22.3 Å². The van der Waals surface area contributed by atoms with Crippen molar-refractivity contribution in [2.24, 2.45) is 0 Å². The predicted molar refractivity (Wildman–Crippen MR) is 115 cm³/mol.